The van der Waals surface area contributed by atoms with Crippen molar-refractivity contribution in [3.05, 3.63) is 28.2 Å². The van der Waals surface area contributed by atoms with Crippen molar-refractivity contribution in [3.63, 3.8) is 0 Å². The molecule has 0 atom stereocenters. The lowest BCUT2D eigenvalue weighted by Gasteiger charge is -2.21. The average Bonchev–Trinajstić information content (AvgIpc) is 2.59. The number of amides is 1. The van der Waals surface area contributed by atoms with Gasteiger partial charge in [0.15, 0.2) is 0 Å². The highest BCUT2D eigenvalue weighted by Crippen LogP contribution is 2.34. The van der Waals surface area contributed by atoms with Gasteiger partial charge in [0.05, 0.1) is 17.7 Å². The van der Waals surface area contributed by atoms with Crippen LogP contribution in [0.15, 0.2) is 22.7 Å². The van der Waals surface area contributed by atoms with Gasteiger partial charge in [-0.1, -0.05) is 6.07 Å². The van der Waals surface area contributed by atoms with Crippen LogP contribution in [-0.2, 0) is 14.3 Å². The van der Waals surface area contributed by atoms with E-state index in [1.54, 1.807) is 39.0 Å². The second kappa shape index (κ2) is 5.60. The van der Waals surface area contributed by atoms with Gasteiger partial charge in [-0.05, 0) is 48.8 Å². The molecule has 6 heteroatoms. The van der Waals surface area contributed by atoms with Crippen molar-refractivity contribution in [2.75, 3.05) is 11.4 Å². The highest BCUT2D eigenvalue weighted by Gasteiger charge is 2.37. The summed E-state index contributed by atoms with van der Waals surface area (Å²) in [7, 11) is 0. The summed E-state index contributed by atoms with van der Waals surface area (Å²) >= 11 is 3.27. The molecule has 0 unspecified atom stereocenters. The quantitative estimate of drug-likeness (QED) is 0.619. The van der Waals surface area contributed by atoms with Crippen molar-refractivity contribution in [1.82, 2.24) is 0 Å². The Morgan fingerprint density at radius 3 is 2.57 bits per heavy atom. The summed E-state index contributed by atoms with van der Waals surface area (Å²) in [6, 6.07) is 5.15. The van der Waals surface area contributed by atoms with Gasteiger partial charge in [-0.3, -0.25) is 14.4 Å². The van der Waals surface area contributed by atoms with E-state index in [2.05, 4.69) is 15.9 Å². The molecule has 5 nitrogen and oxygen atoms in total. The van der Waals surface area contributed by atoms with Gasteiger partial charge in [-0.2, -0.15) is 0 Å². The summed E-state index contributed by atoms with van der Waals surface area (Å²) in [5.41, 5.74) is 0.317. The van der Waals surface area contributed by atoms with Crippen LogP contribution in [0.4, 0.5) is 5.69 Å². The minimum absolute atomic E-state index is 0.0439. The second-order valence-corrected chi connectivity index (χ2v) is 6.61. The minimum atomic E-state index is -0.611. The highest BCUT2D eigenvalue weighted by molar-refractivity contribution is 9.10. The van der Waals surface area contributed by atoms with Crippen molar-refractivity contribution in [2.45, 2.75) is 32.8 Å². The van der Waals surface area contributed by atoms with Crippen LogP contribution in [0.5, 0.6) is 0 Å². The first-order chi connectivity index (χ1) is 9.70. The van der Waals surface area contributed by atoms with Crippen LogP contribution in [0.3, 0.4) is 0 Å². The molecule has 1 amide bonds. The van der Waals surface area contributed by atoms with E-state index in [0.29, 0.717) is 15.7 Å². The number of Topliss-reactive ketones (excluding diaryl/α,β-unsaturated/α-hetero) is 1. The SMILES string of the molecule is CC(C)(C)OC(=O)CCN1C(=O)C(=O)c2c(Br)cccc21. The van der Waals surface area contributed by atoms with E-state index in [1.165, 1.54) is 4.90 Å². The molecule has 0 saturated heterocycles. The van der Waals surface area contributed by atoms with Gasteiger partial charge in [0.25, 0.3) is 11.7 Å². The van der Waals surface area contributed by atoms with Crippen LogP contribution in [0.1, 0.15) is 37.6 Å². The first kappa shape index (κ1) is 15.7. The fourth-order valence-corrected chi connectivity index (χ4v) is 2.65. The zero-order valence-electron chi connectivity index (χ0n) is 12.1. The standard InChI is InChI=1S/C15H16BrNO4/c1-15(2,3)21-11(18)7-8-17-10-6-4-5-9(16)12(10)13(19)14(17)20/h4-6H,7-8H2,1-3H3. The molecule has 0 N–H and O–H groups in total. The van der Waals surface area contributed by atoms with Crippen LogP contribution < -0.4 is 4.90 Å². The first-order valence-corrected chi connectivity index (χ1v) is 7.36. The average molecular weight is 354 g/mol. The van der Waals surface area contributed by atoms with Gasteiger partial charge in [-0.15, -0.1) is 0 Å². The number of ketones is 1. The number of carbonyl (C=O) groups is 3. The van der Waals surface area contributed by atoms with E-state index >= 15 is 0 Å². The molecule has 1 aliphatic rings. The molecule has 1 aromatic carbocycles. The fourth-order valence-electron chi connectivity index (χ4n) is 2.12. The smallest absolute Gasteiger partial charge is 0.308 e. The predicted octanol–water partition coefficient (Wildman–Crippen LogP) is 2.71. The normalized spacial score (nSPS) is 14.4. The minimum Gasteiger partial charge on any atom is -0.460 e. The zero-order chi connectivity index (χ0) is 15.8. The van der Waals surface area contributed by atoms with Gasteiger partial charge in [0.2, 0.25) is 0 Å². The van der Waals surface area contributed by atoms with Crippen LogP contribution in [0, 0.1) is 0 Å². The van der Waals surface area contributed by atoms with Crippen molar-refractivity contribution in [3.8, 4) is 0 Å². The molecule has 1 aliphatic heterocycles. The summed E-state index contributed by atoms with van der Waals surface area (Å²) in [6.07, 6.45) is 0.0439. The van der Waals surface area contributed by atoms with Crippen molar-refractivity contribution < 1.29 is 19.1 Å². The van der Waals surface area contributed by atoms with Gasteiger partial charge < -0.3 is 9.64 Å². The largest absolute Gasteiger partial charge is 0.460 e. The molecule has 1 heterocycles. The first-order valence-electron chi connectivity index (χ1n) is 6.57. The maximum atomic E-state index is 12.0. The van der Waals surface area contributed by atoms with E-state index in [1.807, 2.05) is 0 Å². The molecular formula is C15H16BrNO4. The predicted molar refractivity (Wildman–Crippen MR) is 81.3 cm³/mol. The Morgan fingerprint density at radius 2 is 1.95 bits per heavy atom. The lowest BCUT2D eigenvalue weighted by atomic mass is 10.1. The van der Waals surface area contributed by atoms with Crippen molar-refractivity contribution in [1.29, 1.82) is 0 Å². The van der Waals surface area contributed by atoms with Crippen molar-refractivity contribution >= 4 is 39.3 Å². The van der Waals surface area contributed by atoms with E-state index in [0.717, 1.165) is 0 Å². The molecule has 0 bridgehead atoms. The maximum Gasteiger partial charge on any atom is 0.308 e. The van der Waals surface area contributed by atoms with Crippen LogP contribution in [0.2, 0.25) is 0 Å². The number of hydrogen-bond acceptors (Lipinski definition) is 4. The number of esters is 1. The fraction of sp³-hybridized carbons (Fsp3) is 0.400. The van der Waals surface area contributed by atoms with E-state index in [4.69, 9.17) is 4.74 Å². The number of hydrogen-bond donors (Lipinski definition) is 0. The molecule has 21 heavy (non-hydrogen) atoms. The number of fused-ring (bicyclic) bond motifs is 1. The Hall–Kier alpha value is -1.69. The topological polar surface area (TPSA) is 63.7 Å². The number of ether oxygens (including phenoxy) is 1. The highest BCUT2D eigenvalue weighted by atomic mass is 79.9. The molecule has 0 saturated carbocycles. The number of benzene rings is 1. The van der Waals surface area contributed by atoms with Crippen molar-refractivity contribution in [2.24, 2.45) is 0 Å². The Morgan fingerprint density at radius 1 is 1.29 bits per heavy atom. The Kier molecular flexibility index (Phi) is 4.18. The Bertz CT molecular complexity index is 619. The molecule has 0 fully saturated rings. The Labute approximate surface area is 131 Å². The molecule has 0 aliphatic carbocycles. The Balaban J connectivity index is 2.13. The molecule has 0 aromatic heterocycles. The number of halogens is 1. The molecule has 0 radical (unpaired) electrons. The van der Waals surface area contributed by atoms with E-state index in [-0.39, 0.29) is 13.0 Å². The molecule has 1 aromatic rings. The van der Waals surface area contributed by atoms with E-state index < -0.39 is 23.3 Å². The second-order valence-electron chi connectivity index (χ2n) is 5.76. The lowest BCUT2D eigenvalue weighted by molar-refractivity contribution is -0.154. The molecule has 0 spiro atoms. The summed E-state index contributed by atoms with van der Waals surface area (Å²) in [5.74, 6) is -1.56. The summed E-state index contributed by atoms with van der Waals surface area (Å²) < 4.78 is 5.78. The van der Waals surface area contributed by atoms with Gasteiger partial charge in [0.1, 0.15) is 5.60 Å². The third-order valence-electron chi connectivity index (χ3n) is 2.91. The summed E-state index contributed by atoms with van der Waals surface area (Å²) in [6.45, 7) is 5.47. The molecular weight excluding hydrogens is 338 g/mol. The number of nitrogens with zero attached hydrogens (tertiary/aromatic N) is 1. The number of anilines is 1. The molecule has 112 valence electrons. The number of carbonyl (C=O) groups excluding carboxylic acids is 3. The monoisotopic (exact) mass is 353 g/mol. The van der Waals surface area contributed by atoms with Gasteiger partial charge >= 0.3 is 5.97 Å². The molecule has 2 rings (SSSR count). The van der Waals surface area contributed by atoms with Crippen LogP contribution in [-0.4, -0.2) is 29.8 Å². The maximum absolute atomic E-state index is 12.0. The lowest BCUT2D eigenvalue weighted by Crippen LogP contribution is -2.33. The number of rotatable bonds is 3. The summed E-state index contributed by atoms with van der Waals surface area (Å²) in [5, 5.41) is 0. The van der Waals surface area contributed by atoms with Crippen LogP contribution >= 0.6 is 15.9 Å². The van der Waals surface area contributed by atoms with Gasteiger partial charge in [0, 0.05) is 11.0 Å². The third-order valence-corrected chi connectivity index (χ3v) is 3.57. The van der Waals surface area contributed by atoms with E-state index in [9.17, 15) is 14.4 Å². The third kappa shape index (κ3) is 3.32. The summed E-state index contributed by atoms with van der Waals surface area (Å²) in [4.78, 5) is 37.0. The zero-order valence-corrected chi connectivity index (χ0v) is 13.7. The van der Waals surface area contributed by atoms with Gasteiger partial charge in [-0.25, -0.2) is 0 Å². The van der Waals surface area contributed by atoms with Crippen LogP contribution in [0.25, 0.3) is 0 Å².